The molecule has 3 aromatic rings. The fraction of sp³-hybridized carbons (Fsp3) is 0.150. The summed E-state index contributed by atoms with van der Waals surface area (Å²) in [6, 6.07) is 18.0. The number of hydrogen-bond donors (Lipinski definition) is 1. The van der Waals surface area contributed by atoms with E-state index in [-0.39, 0.29) is 0 Å². The van der Waals surface area contributed by atoms with Gasteiger partial charge in [-0.05, 0) is 41.9 Å². The van der Waals surface area contributed by atoms with Crippen molar-refractivity contribution in [2.45, 2.75) is 13.8 Å². The first kappa shape index (κ1) is 17.3. The lowest BCUT2D eigenvalue weighted by Gasteiger charge is -2.12. The van der Waals surface area contributed by atoms with E-state index in [2.05, 4.69) is 26.2 Å². The Kier molecular flexibility index (Phi) is 5.56. The SMILES string of the molecule is CCN=C/C(Br)=C(\C)Nc1nc(-c2ccccc2)nc2ccccc12. The van der Waals surface area contributed by atoms with Gasteiger partial charge in [-0.25, -0.2) is 9.97 Å². The van der Waals surface area contributed by atoms with Crippen molar-refractivity contribution >= 4 is 38.9 Å². The molecule has 0 saturated carbocycles. The van der Waals surface area contributed by atoms with Gasteiger partial charge in [-0.1, -0.05) is 42.5 Å². The van der Waals surface area contributed by atoms with Crippen LogP contribution in [0, 0.1) is 0 Å². The van der Waals surface area contributed by atoms with Gasteiger partial charge in [-0.15, -0.1) is 0 Å². The maximum Gasteiger partial charge on any atom is 0.162 e. The van der Waals surface area contributed by atoms with Crippen molar-refractivity contribution in [2.75, 3.05) is 11.9 Å². The Morgan fingerprint density at radius 2 is 1.80 bits per heavy atom. The standard InChI is InChI=1S/C20H19BrN4/c1-3-22-13-17(21)14(2)23-20-16-11-7-8-12-18(16)24-19(25-20)15-9-5-4-6-10-15/h4-13H,3H2,1-2H3,(H,23,24,25)/b17-14-,22-13?. The van der Waals surface area contributed by atoms with Crippen LogP contribution in [0.3, 0.4) is 0 Å². The number of fused-ring (bicyclic) bond motifs is 1. The maximum atomic E-state index is 4.75. The lowest BCUT2D eigenvalue weighted by molar-refractivity contribution is 1.14. The molecule has 0 aliphatic carbocycles. The van der Waals surface area contributed by atoms with Crippen molar-refractivity contribution in [3.63, 3.8) is 0 Å². The maximum absolute atomic E-state index is 4.75. The predicted octanol–water partition coefficient (Wildman–Crippen LogP) is 5.43. The number of para-hydroxylation sites is 1. The summed E-state index contributed by atoms with van der Waals surface area (Å²) in [4.78, 5) is 13.7. The van der Waals surface area contributed by atoms with E-state index in [4.69, 9.17) is 9.97 Å². The number of rotatable bonds is 5. The number of aliphatic imine (C=N–C) groups is 1. The highest BCUT2D eigenvalue weighted by Gasteiger charge is 2.10. The molecule has 0 saturated heterocycles. The van der Waals surface area contributed by atoms with Gasteiger partial charge >= 0.3 is 0 Å². The zero-order chi connectivity index (χ0) is 17.6. The highest BCUT2D eigenvalue weighted by molar-refractivity contribution is 9.12. The lowest BCUT2D eigenvalue weighted by atomic mass is 10.2. The Morgan fingerprint density at radius 1 is 1.08 bits per heavy atom. The monoisotopic (exact) mass is 394 g/mol. The fourth-order valence-electron chi connectivity index (χ4n) is 2.39. The van der Waals surface area contributed by atoms with Gasteiger partial charge in [0.2, 0.25) is 0 Å². The highest BCUT2D eigenvalue weighted by Crippen LogP contribution is 2.26. The van der Waals surface area contributed by atoms with Crippen LogP contribution in [0.15, 0.2) is 69.8 Å². The van der Waals surface area contributed by atoms with Crippen LogP contribution in [0.4, 0.5) is 5.82 Å². The number of aromatic nitrogens is 2. The van der Waals surface area contributed by atoms with Crippen molar-refractivity contribution in [3.8, 4) is 11.4 Å². The molecule has 3 rings (SSSR count). The number of anilines is 1. The molecule has 1 heterocycles. The Bertz CT molecular complexity index is 933. The van der Waals surface area contributed by atoms with Crippen LogP contribution in [0.25, 0.3) is 22.3 Å². The van der Waals surface area contributed by atoms with Gasteiger partial charge in [0, 0.05) is 29.4 Å². The van der Waals surface area contributed by atoms with Crippen LogP contribution >= 0.6 is 15.9 Å². The second kappa shape index (κ2) is 8.03. The summed E-state index contributed by atoms with van der Waals surface area (Å²) in [5.41, 5.74) is 2.84. The summed E-state index contributed by atoms with van der Waals surface area (Å²) in [6.45, 7) is 4.74. The van der Waals surface area contributed by atoms with Crippen LogP contribution in [0.1, 0.15) is 13.8 Å². The molecular formula is C20H19BrN4. The second-order valence-electron chi connectivity index (χ2n) is 5.50. The molecule has 0 unspecified atom stereocenters. The topological polar surface area (TPSA) is 50.2 Å². The number of nitrogens with zero attached hydrogens (tertiary/aromatic N) is 3. The first-order valence-corrected chi connectivity index (χ1v) is 8.93. The summed E-state index contributed by atoms with van der Waals surface area (Å²) in [5.74, 6) is 1.48. The molecule has 2 aromatic carbocycles. The molecule has 0 atom stereocenters. The molecule has 1 N–H and O–H groups in total. The fourth-order valence-corrected chi connectivity index (χ4v) is 2.64. The highest BCUT2D eigenvalue weighted by atomic mass is 79.9. The van der Waals surface area contributed by atoms with Crippen LogP contribution in [-0.2, 0) is 0 Å². The minimum absolute atomic E-state index is 0.702. The van der Waals surface area contributed by atoms with E-state index in [1.54, 1.807) is 0 Å². The number of benzene rings is 2. The molecule has 126 valence electrons. The number of nitrogens with one attached hydrogen (secondary N) is 1. The molecule has 0 amide bonds. The Labute approximate surface area is 155 Å². The largest absolute Gasteiger partial charge is 0.342 e. The third kappa shape index (κ3) is 4.12. The van der Waals surface area contributed by atoms with Crippen molar-refractivity contribution in [2.24, 2.45) is 4.99 Å². The first-order valence-electron chi connectivity index (χ1n) is 8.14. The van der Waals surface area contributed by atoms with E-state index in [1.807, 2.05) is 74.7 Å². The Hall–Kier alpha value is -2.53. The van der Waals surface area contributed by atoms with Crippen molar-refractivity contribution < 1.29 is 0 Å². The quantitative estimate of drug-likeness (QED) is 0.587. The van der Waals surface area contributed by atoms with Crippen molar-refractivity contribution in [1.82, 2.24) is 9.97 Å². The van der Waals surface area contributed by atoms with Gasteiger partial charge in [0.25, 0.3) is 0 Å². The van der Waals surface area contributed by atoms with Gasteiger partial charge in [0.15, 0.2) is 5.82 Å². The molecule has 0 aliphatic heterocycles. The number of hydrogen-bond acceptors (Lipinski definition) is 4. The molecule has 0 aliphatic rings. The second-order valence-corrected chi connectivity index (χ2v) is 6.36. The zero-order valence-electron chi connectivity index (χ0n) is 14.2. The van der Waals surface area contributed by atoms with E-state index >= 15 is 0 Å². The average Bonchev–Trinajstić information content (AvgIpc) is 2.66. The summed E-state index contributed by atoms with van der Waals surface area (Å²) in [5, 5.41) is 4.37. The van der Waals surface area contributed by atoms with Gasteiger partial charge < -0.3 is 5.32 Å². The van der Waals surface area contributed by atoms with Crippen LogP contribution in [0.2, 0.25) is 0 Å². The van der Waals surface area contributed by atoms with Crippen LogP contribution in [0.5, 0.6) is 0 Å². The summed E-state index contributed by atoms with van der Waals surface area (Å²) in [6.07, 6.45) is 1.81. The summed E-state index contributed by atoms with van der Waals surface area (Å²) < 4.78 is 0.901. The third-order valence-corrected chi connectivity index (χ3v) is 4.49. The summed E-state index contributed by atoms with van der Waals surface area (Å²) in [7, 11) is 0. The lowest BCUT2D eigenvalue weighted by Crippen LogP contribution is -2.04. The molecular weight excluding hydrogens is 376 g/mol. The Balaban J connectivity index is 2.09. The average molecular weight is 395 g/mol. The Morgan fingerprint density at radius 3 is 2.56 bits per heavy atom. The van der Waals surface area contributed by atoms with Gasteiger partial charge in [0.05, 0.1) is 10.00 Å². The zero-order valence-corrected chi connectivity index (χ0v) is 15.8. The van der Waals surface area contributed by atoms with Crippen LogP contribution < -0.4 is 5.32 Å². The molecule has 4 nitrogen and oxygen atoms in total. The van der Waals surface area contributed by atoms with Crippen molar-refractivity contribution in [1.29, 1.82) is 0 Å². The molecule has 5 heteroatoms. The summed E-state index contributed by atoms with van der Waals surface area (Å²) >= 11 is 3.55. The molecule has 1 aromatic heterocycles. The van der Waals surface area contributed by atoms with E-state index in [9.17, 15) is 0 Å². The molecule has 0 radical (unpaired) electrons. The number of halogens is 1. The molecule has 0 fully saturated rings. The first-order chi connectivity index (χ1) is 12.2. The molecule has 25 heavy (non-hydrogen) atoms. The van der Waals surface area contributed by atoms with Gasteiger partial charge in [0.1, 0.15) is 5.82 Å². The predicted molar refractivity (Wildman–Crippen MR) is 109 cm³/mol. The van der Waals surface area contributed by atoms with E-state index < -0.39 is 0 Å². The van der Waals surface area contributed by atoms with E-state index in [0.29, 0.717) is 5.82 Å². The normalized spacial score (nSPS) is 12.4. The molecule has 0 spiro atoms. The van der Waals surface area contributed by atoms with E-state index in [0.717, 1.165) is 39.0 Å². The van der Waals surface area contributed by atoms with Gasteiger partial charge in [-0.3, -0.25) is 4.99 Å². The third-order valence-electron chi connectivity index (χ3n) is 3.69. The smallest absolute Gasteiger partial charge is 0.162 e. The number of allylic oxidation sites excluding steroid dienone is 2. The van der Waals surface area contributed by atoms with E-state index in [1.165, 1.54) is 0 Å². The van der Waals surface area contributed by atoms with Crippen molar-refractivity contribution in [3.05, 3.63) is 64.8 Å². The minimum atomic E-state index is 0.702. The van der Waals surface area contributed by atoms with Gasteiger partial charge in [-0.2, -0.15) is 0 Å². The molecule has 0 bridgehead atoms. The minimum Gasteiger partial charge on any atom is -0.342 e. The van der Waals surface area contributed by atoms with Crippen LogP contribution in [-0.4, -0.2) is 22.7 Å².